The molecule has 3 heterocycles. The van der Waals surface area contributed by atoms with Crippen LogP contribution < -0.4 is 10.2 Å². The lowest BCUT2D eigenvalue weighted by Gasteiger charge is -2.29. The Kier molecular flexibility index (Phi) is 4.28. The molecule has 3 atom stereocenters. The van der Waals surface area contributed by atoms with E-state index in [-0.39, 0.29) is 18.0 Å². The Hall–Kier alpha value is -4.49. The van der Waals surface area contributed by atoms with Gasteiger partial charge in [0.05, 0.1) is 23.4 Å². The number of benzene rings is 3. The molecule has 0 saturated heterocycles. The Labute approximate surface area is 203 Å². The largest absolute Gasteiger partial charge is 0.454 e. The number of furan rings is 1. The lowest BCUT2D eigenvalue weighted by atomic mass is 9.90. The predicted octanol–water partition coefficient (Wildman–Crippen LogP) is 7.10. The van der Waals surface area contributed by atoms with E-state index >= 15 is 0 Å². The molecule has 1 N–H and O–H groups in total. The van der Waals surface area contributed by atoms with E-state index in [2.05, 4.69) is 96.0 Å². The molecular weight excluding hydrogens is 430 g/mol. The summed E-state index contributed by atoms with van der Waals surface area (Å²) >= 11 is 0. The zero-order chi connectivity index (χ0) is 23.5. The predicted molar refractivity (Wildman–Crippen MR) is 141 cm³/mol. The van der Waals surface area contributed by atoms with Crippen molar-refractivity contribution < 1.29 is 4.42 Å². The van der Waals surface area contributed by atoms with Crippen molar-refractivity contribution in [1.29, 1.82) is 5.26 Å². The molecule has 3 aliphatic rings. The van der Waals surface area contributed by atoms with E-state index in [9.17, 15) is 5.26 Å². The monoisotopic (exact) mass is 453 g/mol. The fraction of sp³-hybridized carbons (Fsp3) is 0.129. The molecule has 0 radical (unpaired) electrons. The van der Waals surface area contributed by atoms with E-state index in [1.165, 1.54) is 5.56 Å². The van der Waals surface area contributed by atoms with Gasteiger partial charge >= 0.3 is 0 Å². The summed E-state index contributed by atoms with van der Waals surface area (Å²) in [6, 6.07) is 23.9. The molecule has 0 bridgehead atoms. The van der Waals surface area contributed by atoms with Crippen molar-refractivity contribution >= 4 is 38.9 Å². The fourth-order valence-electron chi connectivity index (χ4n) is 5.90. The molecule has 3 aromatic carbocycles. The van der Waals surface area contributed by atoms with Crippen LogP contribution >= 0.6 is 0 Å². The Bertz CT molecular complexity index is 1680. The normalized spacial score (nSPS) is 22.4. The molecule has 0 fully saturated rings. The second-order valence-corrected chi connectivity index (χ2v) is 9.35. The van der Waals surface area contributed by atoms with E-state index in [1.54, 1.807) is 0 Å². The molecule has 0 spiro atoms. The summed E-state index contributed by atoms with van der Waals surface area (Å²) in [5, 5.41) is 15.4. The van der Waals surface area contributed by atoms with Gasteiger partial charge in [0.2, 0.25) is 0 Å². The van der Waals surface area contributed by atoms with Crippen LogP contribution in [0.4, 0.5) is 11.4 Å². The van der Waals surface area contributed by atoms with Gasteiger partial charge in [-0.2, -0.15) is 5.26 Å². The highest BCUT2D eigenvalue weighted by Gasteiger charge is 2.40. The molecule has 2 aliphatic heterocycles. The molecule has 1 aliphatic carbocycles. The third-order valence-corrected chi connectivity index (χ3v) is 7.43. The average molecular weight is 454 g/mol. The number of dihydropyridines is 1. The van der Waals surface area contributed by atoms with Gasteiger partial charge in [0.1, 0.15) is 5.58 Å². The highest BCUT2D eigenvalue weighted by atomic mass is 16.3. The summed E-state index contributed by atoms with van der Waals surface area (Å²) < 4.78 is 6.49. The smallest absolute Gasteiger partial charge is 0.159 e. The average Bonchev–Trinajstić information content (AvgIpc) is 3.44. The van der Waals surface area contributed by atoms with Crippen LogP contribution in [0, 0.1) is 11.3 Å². The summed E-state index contributed by atoms with van der Waals surface area (Å²) in [7, 11) is 0. The Morgan fingerprint density at radius 1 is 0.971 bits per heavy atom. The van der Waals surface area contributed by atoms with Gasteiger partial charge in [-0.3, -0.25) is 0 Å². The Balaban J connectivity index is 1.47. The van der Waals surface area contributed by atoms with Gasteiger partial charge in [-0.1, -0.05) is 66.8 Å². The van der Waals surface area contributed by atoms with Crippen LogP contribution in [0.15, 0.2) is 107 Å². The fourth-order valence-corrected chi connectivity index (χ4v) is 5.90. The number of para-hydroxylation sites is 1. The third-order valence-electron chi connectivity index (χ3n) is 7.43. The number of nitrogens with one attached hydrogen (secondary N) is 1. The van der Waals surface area contributed by atoms with E-state index in [4.69, 9.17) is 4.42 Å². The second-order valence-electron chi connectivity index (χ2n) is 9.35. The van der Waals surface area contributed by atoms with Crippen molar-refractivity contribution in [3.05, 3.63) is 114 Å². The summed E-state index contributed by atoms with van der Waals surface area (Å²) in [6.07, 6.45) is 12.5. The maximum Gasteiger partial charge on any atom is 0.159 e. The van der Waals surface area contributed by atoms with Crippen LogP contribution in [0.3, 0.4) is 0 Å². The van der Waals surface area contributed by atoms with E-state index in [0.29, 0.717) is 5.57 Å². The van der Waals surface area contributed by atoms with Crippen LogP contribution in [-0.4, -0.2) is 12.1 Å². The topological polar surface area (TPSA) is 52.2 Å². The van der Waals surface area contributed by atoms with Crippen LogP contribution in [0.1, 0.15) is 24.0 Å². The van der Waals surface area contributed by atoms with Crippen molar-refractivity contribution in [2.75, 3.05) is 4.90 Å². The molecule has 0 saturated carbocycles. The number of allylic oxidation sites excluding steroid dienone is 4. The van der Waals surface area contributed by atoms with Gasteiger partial charge in [-0.15, -0.1) is 0 Å². The molecule has 1 aromatic heterocycles. The number of rotatable bonds is 2. The minimum Gasteiger partial charge on any atom is -0.454 e. The summed E-state index contributed by atoms with van der Waals surface area (Å²) in [6.45, 7) is 2.09. The molecule has 4 aromatic rings. The first kappa shape index (κ1) is 19.9. The van der Waals surface area contributed by atoms with Gasteiger partial charge in [0.15, 0.2) is 5.58 Å². The van der Waals surface area contributed by atoms with Crippen molar-refractivity contribution in [2.45, 2.75) is 24.9 Å². The standard InChI is InChI=1S/C31H23N3O/c1-19-29(21(18-32)15-16-33-19)20-7-6-8-22(17-20)34-27-11-4-2-9-23(27)25-13-14-26-24-10-3-5-12-28(24)35-31(26)30(25)34/h2-17,19,23,27,33H,1H3. The SMILES string of the molecule is CC1NC=CC(C#N)=C1c1cccc(N2c3c(ccc4c3oc3ccccc34)C3C=CC=CC32)c1. The maximum atomic E-state index is 9.77. The zero-order valence-electron chi connectivity index (χ0n) is 19.3. The number of anilines is 2. The number of nitrogens with zero attached hydrogens (tertiary/aromatic N) is 2. The summed E-state index contributed by atoms with van der Waals surface area (Å²) in [5.74, 6) is 0.253. The first-order chi connectivity index (χ1) is 17.2. The first-order valence-electron chi connectivity index (χ1n) is 12.0. The molecule has 3 unspecified atom stereocenters. The van der Waals surface area contributed by atoms with Crippen molar-refractivity contribution in [2.24, 2.45) is 0 Å². The molecule has 7 rings (SSSR count). The minimum atomic E-state index is 0.0584. The van der Waals surface area contributed by atoms with E-state index in [0.717, 1.165) is 44.4 Å². The number of hydrogen-bond acceptors (Lipinski definition) is 4. The lowest BCUT2D eigenvalue weighted by Crippen LogP contribution is -2.29. The van der Waals surface area contributed by atoms with Crippen molar-refractivity contribution in [1.82, 2.24) is 5.32 Å². The van der Waals surface area contributed by atoms with Crippen LogP contribution in [0.5, 0.6) is 0 Å². The van der Waals surface area contributed by atoms with Gasteiger partial charge in [-0.05, 0) is 54.1 Å². The van der Waals surface area contributed by atoms with E-state index in [1.807, 2.05) is 24.4 Å². The van der Waals surface area contributed by atoms with Crippen molar-refractivity contribution in [3.63, 3.8) is 0 Å². The van der Waals surface area contributed by atoms with Gasteiger partial charge in [-0.25, -0.2) is 0 Å². The quantitative estimate of drug-likeness (QED) is 0.352. The number of fused-ring (bicyclic) bond motifs is 7. The second kappa shape index (κ2) is 7.51. The number of nitriles is 1. The maximum absolute atomic E-state index is 9.77. The van der Waals surface area contributed by atoms with Crippen LogP contribution in [0.25, 0.3) is 27.5 Å². The van der Waals surface area contributed by atoms with E-state index < -0.39 is 0 Å². The molecule has 0 amide bonds. The molecular formula is C31H23N3O. The summed E-state index contributed by atoms with van der Waals surface area (Å²) in [4.78, 5) is 2.41. The highest BCUT2D eigenvalue weighted by molar-refractivity contribution is 6.11. The Morgan fingerprint density at radius 2 is 1.86 bits per heavy atom. The van der Waals surface area contributed by atoms with Gasteiger partial charge < -0.3 is 14.6 Å². The van der Waals surface area contributed by atoms with Gasteiger partial charge in [0, 0.05) is 28.4 Å². The Morgan fingerprint density at radius 3 is 2.77 bits per heavy atom. The highest BCUT2D eigenvalue weighted by Crippen LogP contribution is 2.52. The van der Waals surface area contributed by atoms with Crippen molar-refractivity contribution in [3.8, 4) is 6.07 Å². The number of hydrogen-bond donors (Lipinski definition) is 1. The first-order valence-corrected chi connectivity index (χ1v) is 12.0. The minimum absolute atomic E-state index is 0.0584. The zero-order valence-corrected chi connectivity index (χ0v) is 19.3. The van der Waals surface area contributed by atoms with Crippen LogP contribution in [0.2, 0.25) is 0 Å². The summed E-state index contributed by atoms with van der Waals surface area (Å²) in [5.41, 5.74) is 8.12. The molecule has 4 nitrogen and oxygen atoms in total. The van der Waals surface area contributed by atoms with Crippen LogP contribution in [-0.2, 0) is 0 Å². The van der Waals surface area contributed by atoms with Gasteiger partial charge in [0.25, 0.3) is 0 Å². The molecule has 35 heavy (non-hydrogen) atoms. The third kappa shape index (κ3) is 2.85. The molecule has 168 valence electrons. The lowest BCUT2D eigenvalue weighted by molar-refractivity contribution is 0.667. The molecule has 4 heteroatoms.